The van der Waals surface area contributed by atoms with Crippen molar-refractivity contribution in [2.24, 2.45) is 16.3 Å². The van der Waals surface area contributed by atoms with Crippen LogP contribution in [0.25, 0.3) is 0 Å². The molecule has 164 valence electrons. The van der Waals surface area contributed by atoms with Gasteiger partial charge in [-0.3, -0.25) is 0 Å². The van der Waals surface area contributed by atoms with Gasteiger partial charge < -0.3 is 4.74 Å². The van der Waals surface area contributed by atoms with Gasteiger partial charge in [-0.2, -0.15) is 5.26 Å². The Morgan fingerprint density at radius 1 is 1.19 bits per heavy atom. The highest BCUT2D eigenvalue weighted by atomic mass is 32.1. The molecule has 0 aliphatic heterocycles. The van der Waals surface area contributed by atoms with Crippen LogP contribution in [-0.2, 0) is 19.4 Å². The normalized spacial score (nSPS) is 16.0. The quantitative estimate of drug-likeness (QED) is 0.388. The van der Waals surface area contributed by atoms with E-state index >= 15 is 0 Å². The third-order valence-corrected chi connectivity index (χ3v) is 7.33. The Hall–Kier alpha value is -2.97. The molecule has 0 radical (unpaired) electrons. The molecule has 4 rings (SSSR count). The smallest absolute Gasteiger partial charge is 0.134 e. The summed E-state index contributed by atoms with van der Waals surface area (Å²) in [6.07, 6.45) is 4.80. The monoisotopic (exact) mass is 446 g/mol. The number of benzene rings is 2. The van der Waals surface area contributed by atoms with Crippen molar-refractivity contribution < 1.29 is 9.13 Å². The summed E-state index contributed by atoms with van der Waals surface area (Å²) in [5, 5.41) is 10.6. The number of nitriles is 1. The van der Waals surface area contributed by atoms with E-state index in [9.17, 15) is 9.65 Å². The number of hydrogen-bond acceptors (Lipinski definition) is 4. The standard InChI is InChI=1S/C27H27FN2OS/c1-27(2,3)20-12-13-21-22(15-29)26(32-25(21)14-20)30-16-18-8-5-7-11-24(18)31-17-19-9-4-6-10-23(19)28/h4-11,16,20H,12-14,17H2,1-3H3/t20-/m0/s1. The molecule has 0 saturated heterocycles. The zero-order chi connectivity index (χ0) is 22.7. The van der Waals surface area contributed by atoms with Gasteiger partial charge in [0.05, 0.1) is 5.56 Å². The second kappa shape index (κ2) is 9.26. The number of hydrogen-bond donors (Lipinski definition) is 0. The number of para-hydroxylation sites is 1. The summed E-state index contributed by atoms with van der Waals surface area (Å²) in [7, 11) is 0. The summed E-state index contributed by atoms with van der Waals surface area (Å²) in [4.78, 5) is 5.98. The van der Waals surface area contributed by atoms with E-state index in [1.807, 2.05) is 24.3 Å². The summed E-state index contributed by atoms with van der Waals surface area (Å²) in [5.41, 5.74) is 3.44. The maximum absolute atomic E-state index is 13.9. The number of ether oxygens (including phenoxy) is 1. The van der Waals surface area contributed by atoms with Crippen LogP contribution >= 0.6 is 11.3 Å². The van der Waals surface area contributed by atoms with Crippen molar-refractivity contribution in [1.29, 1.82) is 5.26 Å². The molecule has 0 spiro atoms. The fraction of sp³-hybridized carbons (Fsp3) is 0.333. The minimum Gasteiger partial charge on any atom is -0.488 e. The summed E-state index contributed by atoms with van der Waals surface area (Å²) in [6.45, 7) is 7.01. The van der Waals surface area contributed by atoms with Crippen LogP contribution in [0.1, 0.15) is 54.3 Å². The van der Waals surface area contributed by atoms with Crippen molar-refractivity contribution >= 4 is 22.6 Å². The van der Waals surface area contributed by atoms with Crippen LogP contribution < -0.4 is 4.74 Å². The van der Waals surface area contributed by atoms with Gasteiger partial charge >= 0.3 is 0 Å². The largest absolute Gasteiger partial charge is 0.488 e. The lowest BCUT2D eigenvalue weighted by Gasteiger charge is -2.33. The van der Waals surface area contributed by atoms with Crippen LogP contribution in [0.5, 0.6) is 5.75 Å². The predicted octanol–water partition coefficient (Wildman–Crippen LogP) is 7.24. The Morgan fingerprint density at radius 3 is 2.69 bits per heavy atom. The van der Waals surface area contributed by atoms with Crippen LogP contribution in [0.15, 0.2) is 53.5 Å². The molecule has 3 aromatic rings. The van der Waals surface area contributed by atoms with Crippen LogP contribution in [-0.4, -0.2) is 6.21 Å². The molecular formula is C27H27FN2OS. The lowest BCUT2D eigenvalue weighted by Crippen LogP contribution is -2.26. The van der Waals surface area contributed by atoms with Crippen LogP contribution in [0.3, 0.4) is 0 Å². The molecule has 1 aliphatic rings. The van der Waals surface area contributed by atoms with Gasteiger partial charge in [0.2, 0.25) is 0 Å². The van der Waals surface area contributed by atoms with Gasteiger partial charge in [-0.05, 0) is 54.4 Å². The van der Waals surface area contributed by atoms with Gasteiger partial charge in [0.1, 0.15) is 29.2 Å². The molecule has 1 aliphatic carbocycles. The minimum atomic E-state index is -0.282. The Labute approximate surface area is 193 Å². The molecule has 1 aromatic heterocycles. The summed E-state index contributed by atoms with van der Waals surface area (Å²) in [6, 6.07) is 16.5. The highest BCUT2D eigenvalue weighted by molar-refractivity contribution is 7.16. The highest BCUT2D eigenvalue weighted by Gasteiger charge is 2.32. The van der Waals surface area contributed by atoms with Gasteiger partial charge in [-0.15, -0.1) is 11.3 Å². The van der Waals surface area contributed by atoms with Crippen LogP contribution in [0.4, 0.5) is 9.39 Å². The molecule has 1 heterocycles. The molecule has 32 heavy (non-hydrogen) atoms. The minimum absolute atomic E-state index is 0.141. The maximum atomic E-state index is 13.9. The van der Waals surface area contributed by atoms with Crippen molar-refractivity contribution in [2.75, 3.05) is 0 Å². The van der Waals surface area contributed by atoms with Crippen molar-refractivity contribution in [1.82, 2.24) is 0 Å². The molecule has 1 atom stereocenters. The van der Waals surface area contributed by atoms with E-state index in [0.29, 0.717) is 22.8 Å². The van der Waals surface area contributed by atoms with Crippen molar-refractivity contribution in [3.63, 3.8) is 0 Å². The van der Waals surface area contributed by atoms with Crippen molar-refractivity contribution in [2.45, 2.75) is 46.6 Å². The van der Waals surface area contributed by atoms with Crippen LogP contribution in [0, 0.1) is 28.5 Å². The maximum Gasteiger partial charge on any atom is 0.134 e. The average molecular weight is 447 g/mol. The first-order chi connectivity index (χ1) is 15.4. The molecule has 3 nitrogen and oxygen atoms in total. The van der Waals surface area contributed by atoms with Gasteiger partial charge in [0.25, 0.3) is 0 Å². The molecule has 2 aromatic carbocycles. The second-order valence-corrected chi connectivity index (χ2v) is 10.4. The molecular weight excluding hydrogens is 419 g/mol. The first kappa shape index (κ1) is 22.2. The average Bonchev–Trinajstić information content (AvgIpc) is 3.14. The molecule has 0 fully saturated rings. The third-order valence-electron chi connectivity index (χ3n) is 6.16. The van der Waals surface area contributed by atoms with Crippen molar-refractivity contribution in [3.8, 4) is 11.8 Å². The van der Waals surface area contributed by atoms with E-state index in [0.717, 1.165) is 29.8 Å². The Kier molecular flexibility index (Phi) is 6.43. The zero-order valence-electron chi connectivity index (χ0n) is 18.7. The highest BCUT2D eigenvalue weighted by Crippen LogP contribution is 2.44. The van der Waals surface area contributed by atoms with E-state index in [1.54, 1.807) is 35.8 Å². The van der Waals surface area contributed by atoms with E-state index < -0.39 is 0 Å². The number of nitrogens with zero attached hydrogens (tertiary/aromatic N) is 2. The lowest BCUT2D eigenvalue weighted by molar-refractivity contribution is 0.218. The van der Waals surface area contributed by atoms with Gasteiger partial charge in [-0.1, -0.05) is 51.1 Å². The Morgan fingerprint density at radius 2 is 1.94 bits per heavy atom. The first-order valence-electron chi connectivity index (χ1n) is 10.9. The number of aliphatic imine (C=N–C) groups is 1. The van der Waals surface area contributed by atoms with Gasteiger partial charge in [0, 0.05) is 22.2 Å². The number of halogens is 1. The third kappa shape index (κ3) is 4.76. The number of fused-ring (bicyclic) bond motifs is 1. The van der Waals surface area contributed by atoms with E-state index in [1.165, 1.54) is 16.5 Å². The van der Waals surface area contributed by atoms with Crippen LogP contribution in [0.2, 0.25) is 0 Å². The SMILES string of the molecule is CC(C)(C)[C@H]1CCc2c(sc(N=Cc3ccccc3OCc3ccccc3F)c2C#N)C1. The predicted molar refractivity (Wildman–Crippen MR) is 128 cm³/mol. The number of rotatable bonds is 5. The van der Waals surface area contributed by atoms with Gasteiger partial charge in [0.15, 0.2) is 0 Å². The lowest BCUT2D eigenvalue weighted by atomic mass is 9.72. The molecule has 0 bridgehead atoms. The van der Waals surface area contributed by atoms with Gasteiger partial charge in [-0.25, -0.2) is 9.38 Å². The molecule has 0 N–H and O–H groups in total. The van der Waals surface area contributed by atoms with E-state index in [4.69, 9.17) is 4.74 Å². The van der Waals surface area contributed by atoms with E-state index in [-0.39, 0.29) is 17.8 Å². The topological polar surface area (TPSA) is 45.4 Å². The molecule has 5 heteroatoms. The van der Waals surface area contributed by atoms with E-state index in [2.05, 4.69) is 31.8 Å². The molecule has 0 amide bonds. The fourth-order valence-electron chi connectivity index (χ4n) is 4.13. The summed E-state index contributed by atoms with van der Waals surface area (Å²) < 4.78 is 19.8. The second-order valence-electron chi connectivity index (χ2n) is 9.28. The molecule has 0 saturated carbocycles. The summed E-state index contributed by atoms with van der Waals surface area (Å²) >= 11 is 1.63. The Balaban J connectivity index is 1.56. The number of thiophene rings is 1. The molecule has 0 unspecified atom stereocenters. The summed E-state index contributed by atoms with van der Waals surface area (Å²) in [5.74, 6) is 0.965. The van der Waals surface area contributed by atoms with Crippen molar-refractivity contribution in [3.05, 3.63) is 81.5 Å². The fourth-order valence-corrected chi connectivity index (χ4v) is 5.36. The zero-order valence-corrected chi connectivity index (χ0v) is 19.5. The first-order valence-corrected chi connectivity index (χ1v) is 11.7. The Bertz CT molecular complexity index is 1180.